The number of rotatable bonds is 5. The molecule has 0 aromatic heterocycles. The average molecular weight is 273 g/mol. The van der Waals surface area contributed by atoms with Crippen LogP contribution in [-0.4, -0.2) is 54.1 Å². The summed E-state index contributed by atoms with van der Waals surface area (Å²) in [6, 6.07) is -0.451. The van der Waals surface area contributed by atoms with E-state index in [-0.39, 0.29) is 24.7 Å². The molecule has 0 aliphatic carbocycles. The third-order valence-electron chi connectivity index (χ3n) is 2.80. The van der Waals surface area contributed by atoms with Crippen LogP contribution in [0.4, 0.5) is 0 Å². The van der Waals surface area contributed by atoms with Gasteiger partial charge in [0.05, 0.1) is 19.3 Å². The Morgan fingerprint density at radius 2 is 2.32 bits per heavy atom. The molecular weight excluding hydrogens is 254 g/mol. The van der Waals surface area contributed by atoms with Crippen LogP contribution >= 0.6 is 0 Å². The van der Waals surface area contributed by atoms with Crippen LogP contribution in [0.25, 0.3) is 0 Å². The molecule has 0 fully saturated rings. The Morgan fingerprint density at radius 3 is 2.84 bits per heavy atom. The third kappa shape index (κ3) is 4.22. The summed E-state index contributed by atoms with van der Waals surface area (Å²) in [4.78, 5) is 22.5. The average Bonchev–Trinajstić information content (AvgIpc) is 2.37. The van der Waals surface area contributed by atoms with E-state index in [4.69, 9.17) is 9.84 Å². The van der Waals surface area contributed by atoms with Gasteiger partial charge in [0.2, 0.25) is 11.7 Å². The maximum atomic E-state index is 11.4. The number of ether oxygens (including phenoxy) is 2. The van der Waals surface area contributed by atoms with Gasteiger partial charge in [-0.1, -0.05) is 0 Å². The largest absolute Gasteiger partial charge is 0.478 e. The molecule has 7 nitrogen and oxygen atoms in total. The van der Waals surface area contributed by atoms with Crippen molar-refractivity contribution in [3.8, 4) is 0 Å². The molecule has 3 unspecified atom stereocenters. The predicted molar refractivity (Wildman–Crippen MR) is 64.9 cm³/mol. The zero-order valence-electron chi connectivity index (χ0n) is 11.0. The lowest BCUT2D eigenvalue weighted by atomic mass is 9.97. The lowest BCUT2D eigenvalue weighted by Crippen LogP contribution is -2.51. The van der Waals surface area contributed by atoms with Gasteiger partial charge in [-0.2, -0.15) is 0 Å². The quantitative estimate of drug-likeness (QED) is 0.560. The molecule has 1 amide bonds. The van der Waals surface area contributed by atoms with Crippen LogP contribution in [0.5, 0.6) is 0 Å². The minimum Gasteiger partial charge on any atom is -0.478 e. The number of aliphatic hydroxyl groups excluding tert-OH is 2. The summed E-state index contributed by atoms with van der Waals surface area (Å²) in [7, 11) is 1.23. The lowest BCUT2D eigenvalue weighted by molar-refractivity contribution is -0.144. The van der Waals surface area contributed by atoms with Gasteiger partial charge in [-0.3, -0.25) is 4.79 Å². The van der Waals surface area contributed by atoms with Gasteiger partial charge in [-0.25, -0.2) is 4.79 Å². The molecule has 1 heterocycles. The number of esters is 1. The number of hydrogen-bond donors (Lipinski definition) is 3. The predicted octanol–water partition coefficient (Wildman–Crippen LogP) is -0.920. The van der Waals surface area contributed by atoms with Gasteiger partial charge >= 0.3 is 5.97 Å². The van der Waals surface area contributed by atoms with Crippen molar-refractivity contribution in [2.24, 2.45) is 0 Å². The molecule has 1 aliphatic rings. The normalized spacial score (nSPS) is 23.9. The Balaban J connectivity index is 2.83. The molecule has 0 saturated heterocycles. The van der Waals surface area contributed by atoms with Gasteiger partial charge in [0.25, 0.3) is 0 Å². The SMILES string of the molecule is COC(=O)C1=CCC(NC(C)=O)C(C(O)CCO)O1. The lowest BCUT2D eigenvalue weighted by Gasteiger charge is -2.34. The summed E-state index contributed by atoms with van der Waals surface area (Å²) in [6.45, 7) is 1.14. The van der Waals surface area contributed by atoms with E-state index in [0.717, 1.165) is 0 Å². The monoisotopic (exact) mass is 273 g/mol. The number of carbonyl (C=O) groups is 2. The Labute approximate surface area is 111 Å². The molecule has 0 spiro atoms. The first-order valence-electron chi connectivity index (χ1n) is 6.00. The molecule has 0 saturated carbocycles. The van der Waals surface area contributed by atoms with E-state index >= 15 is 0 Å². The molecule has 7 heteroatoms. The molecule has 1 aliphatic heterocycles. The Kier molecular flexibility index (Phi) is 5.78. The molecule has 108 valence electrons. The summed E-state index contributed by atoms with van der Waals surface area (Å²) >= 11 is 0. The number of aliphatic hydroxyl groups is 2. The molecule has 3 atom stereocenters. The first-order valence-corrected chi connectivity index (χ1v) is 6.00. The van der Waals surface area contributed by atoms with Crippen molar-refractivity contribution in [3.05, 3.63) is 11.8 Å². The fourth-order valence-corrected chi connectivity index (χ4v) is 1.92. The highest BCUT2D eigenvalue weighted by molar-refractivity contribution is 5.86. The van der Waals surface area contributed by atoms with Gasteiger partial charge in [0.15, 0.2) is 0 Å². The van der Waals surface area contributed by atoms with E-state index < -0.39 is 24.2 Å². The second kappa shape index (κ2) is 7.10. The van der Waals surface area contributed by atoms with Gasteiger partial charge in [-0.05, 0) is 12.5 Å². The van der Waals surface area contributed by atoms with Crippen molar-refractivity contribution in [3.63, 3.8) is 0 Å². The first-order chi connectivity index (χ1) is 8.99. The molecule has 3 N–H and O–H groups in total. The topological polar surface area (TPSA) is 105 Å². The maximum Gasteiger partial charge on any atom is 0.372 e. The van der Waals surface area contributed by atoms with Crippen LogP contribution in [-0.2, 0) is 19.1 Å². The van der Waals surface area contributed by atoms with Crippen LogP contribution < -0.4 is 5.32 Å². The summed E-state index contributed by atoms with van der Waals surface area (Å²) in [5.74, 6) is -0.890. The van der Waals surface area contributed by atoms with E-state index in [9.17, 15) is 14.7 Å². The summed E-state index contributed by atoms with van der Waals surface area (Å²) < 4.78 is 9.92. The third-order valence-corrected chi connectivity index (χ3v) is 2.80. The zero-order valence-corrected chi connectivity index (χ0v) is 11.0. The highest BCUT2D eigenvalue weighted by Gasteiger charge is 2.35. The Hall–Kier alpha value is -1.60. The Bertz CT molecular complexity index is 367. The second-order valence-electron chi connectivity index (χ2n) is 4.26. The van der Waals surface area contributed by atoms with Crippen molar-refractivity contribution >= 4 is 11.9 Å². The summed E-state index contributed by atoms with van der Waals surface area (Å²) in [5, 5.41) is 21.4. The first kappa shape index (κ1) is 15.5. The molecule has 0 aromatic rings. The van der Waals surface area contributed by atoms with Crippen molar-refractivity contribution in [2.45, 2.75) is 38.0 Å². The number of methoxy groups -OCH3 is 1. The summed E-state index contributed by atoms with van der Waals surface area (Å²) in [5.41, 5.74) is 0. The van der Waals surface area contributed by atoms with E-state index in [1.165, 1.54) is 20.1 Å². The summed E-state index contributed by atoms with van der Waals surface area (Å²) in [6.07, 6.45) is 0.159. The van der Waals surface area contributed by atoms with Crippen molar-refractivity contribution in [1.82, 2.24) is 5.32 Å². The zero-order chi connectivity index (χ0) is 14.4. The smallest absolute Gasteiger partial charge is 0.372 e. The Morgan fingerprint density at radius 1 is 1.63 bits per heavy atom. The fourth-order valence-electron chi connectivity index (χ4n) is 1.92. The highest BCUT2D eigenvalue weighted by atomic mass is 16.6. The minimum atomic E-state index is -0.991. The van der Waals surface area contributed by atoms with Crippen LogP contribution in [0.3, 0.4) is 0 Å². The van der Waals surface area contributed by atoms with Gasteiger partial charge in [-0.15, -0.1) is 0 Å². The number of amides is 1. The van der Waals surface area contributed by atoms with E-state index in [0.29, 0.717) is 6.42 Å². The van der Waals surface area contributed by atoms with Gasteiger partial charge in [0, 0.05) is 20.0 Å². The molecule has 0 bridgehead atoms. The van der Waals surface area contributed by atoms with E-state index in [1.807, 2.05) is 0 Å². The van der Waals surface area contributed by atoms with Crippen LogP contribution in [0, 0.1) is 0 Å². The van der Waals surface area contributed by atoms with Crippen LogP contribution in [0.2, 0.25) is 0 Å². The van der Waals surface area contributed by atoms with Gasteiger partial charge < -0.3 is 25.0 Å². The molecule has 0 aromatic carbocycles. The standard InChI is InChI=1S/C12H19NO6/c1-7(15)13-8-3-4-10(12(17)18-2)19-11(8)9(16)5-6-14/h4,8-9,11,14,16H,3,5-6H2,1-2H3,(H,13,15). The van der Waals surface area contributed by atoms with Crippen LogP contribution in [0.1, 0.15) is 19.8 Å². The number of hydrogen-bond acceptors (Lipinski definition) is 6. The molecule has 19 heavy (non-hydrogen) atoms. The second-order valence-corrected chi connectivity index (χ2v) is 4.26. The maximum absolute atomic E-state index is 11.4. The number of carbonyl (C=O) groups excluding carboxylic acids is 2. The van der Waals surface area contributed by atoms with E-state index in [2.05, 4.69) is 10.1 Å². The molecule has 0 radical (unpaired) electrons. The van der Waals surface area contributed by atoms with E-state index in [1.54, 1.807) is 0 Å². The minimum absolute atomic E-state index is 0.00564. The number of nitrogens with one attached hydrogen (secondary N) is 1. The fraction of sp³-hybridized carbons (Fsp3) is 0.667. The molecule has 1 rings (SSSR count). The van der Waals surface area contributed by atoms with Crippen LogP contribution in [0.15, 0.2) is 11.8 Å². The van der Waals surface area contributed by atoms with Gasteiger partial charge in [0.1, 0.15) is 6.10 Å². The highest BCUT2D eigenvalue weighted by Crippen LogP contribution is 2.22. The molecular formula is C12H19NO6. The van der Waals surface area contributed by atoms with Crippen molar-refractivity contribution in [1.29, 1.82) is 0 Å². The van der Waals surface area contributed by atoms with Crippen molar-refractivity contribution < 1.29 is 29.3 Å². The van der Waals surface area contributed by atoms with Crippen molar-refractivity contribution in [2.75, 3.05) is 13.7 Å².